The number of imidazole rings is 1. The molecule has 0 aliphatic carbocycles. The van der Waals surface area contributed by atoms with E-state index in [4.69, 9.17) is 5.11 Å². The monoisotopic (exact) mass is 589 g/mol. The van der Waals surface area contributed by atoms with E-state index in [1.807, 2.05) is 38.2 Å². The normalized spacial score (nSPS) is 12.4. The minimum Gasteiger partial charge on any atom is -0.545 e. The predicted molar refractivity (Wildman–Crippen MR) is 149 cm³/mol. The van der Waals surface area contributed by atoms with Gasteiger partial charge in [-0.2, -0.15) is 22.7 Å². The number of hydrogen-bond donors (Lipinski definition) is 3. The van der Waals surface area contributed by atoms with Crippen LogP contribution in [0.4, 0.5) is 0 Å². The van der Waals surface area contributed by atoms with Gasteiger partial charge in [-0.15, -0.1) is 0 Å². The number of nitrogens with zero attached hydrogens (tertiary/aromatic N) is 4. The summed E-state index contributed by atoms with van der Waals surface area (Å²) in [5.41, 5.74) is 1.05. The molecule has 0 aliphatic rings. The summed E-state index contributed by atoms with van der Waals surface area (Å²) < 4.78 is 4.35. The maximum atomic E-state index is 12.6. The van der Waals surface area contributed by atoms with Gasteiger partial charge in [0, 0.05) is 39.6 Å². The van der Waals surface area contributed by atoms with Crippen LogP contribution in [0.2, 0.25) is 0 Å². The van der Waals surface area contributed by atoms with Crippen molar-refractivity contribution in [1.29, 1.82) is 0 Å². The molecular formula is C26H31N5O7S2. The van der Waals surface area contributed by atoms with Gasteiger partial charge in [-0.05, 0) is 57.8 Å². The first-order valence-corrected chi connectivity index (χ1v) is 14.2. The van der Waals surface area contributed by atoms with E-state index in [1.165, 1.54) is 11.6 Å². The molecule has 0 spiro atoms. The molecule has 4 heterocycles. The van der Waals surface area contributed by atoms with Crippen molar-refractivity contribution in [1.82, 2.24) is 18.7 Å². The minimum atomic E-state index is -1.51. The number of carbonyl (C=O) groups excluding carboxylic acids is 1. The number of aliphatic carboxylic acids is 2. The zero-order chi connectivity index (χ0) is 29.4. The third-order valence-corrected chi connectivity index (χ3v) is 7.84. The lowest BCUT2D eigenvalue weighted by Gasteiger charge is -2.27. The summed E-state index contributed by atoms with van der Waals surface area (Å²) in [5.74, 6) is -2.80. The van der Waals surface area contributed by atoms with E-state index in [1.54, 1.807) is 36.0 Å². The smallest absolute Gasteiger partial charge is 0.332 e. The molecule has 0 radical (unpaired) electrons. The Kier molecular flexibility index (Phi) is 10.3. The lowest BCUT2D eigenvalue weighted by atomic mass is 9.87. The Hall–Kier alpha value is -3.85. The standard InChI is InChI=1S/C22H27N5O3S2.C4H4O4/c1-15(4-9-27-14-24-19-18(27)20(28)26(3)21(29)25(19)2)23-8-7-22(30,16-5-10-31-12-16)17-6-11-32-13-17;5-3(6)1-2-4(7)8/h5-6,10-15,23,30H,4,7-9H2,1-3H3;1-2H,(H,5,6)(H,7,8)/b;2-1+. The summed E-state index contributed by atoms with van der Waals surface area (Å²) in [6.45, 7) is 3.53. The molecule has 0 aromatic carbocycles. The Bertz CT molecular complexity index is 1530. The number of carboxylic acids is 2. The van der Waals surface area contributed by atoms with Gasteiger partial charge in [0.05, 0.1) is 24.9 Å². The fourth-order valence-electron chi connectivity index (χ4n) is 4.20. The van der Waals surface area contributed by atoms with Crippen LogP contribution in [0.3, 0.4) is 0 Å². The second kappa shape index (κ2) is 13.5. The molecule has 4 rings (SSSR count). The molecule has 1 unspecified atom stereocenters. The zero-order valence-corrected chi connectivity index (χ0v) is 23.9. The third kappa shape index (κ3) is 7.21. The highest BCUT2D eigenvalue weighted by molar-refractivity contribution is 7.08. The van der Waals surface area contributed by atoms with Crippen LogP contribution in [0.5, 0.6) is 0 Å². The second-order valence-corrected chi connectivity index (χ2v) is 10.8. The quantitative estimate of drug-likeness (QED) is 0.198. The summed E-state index contributed by atoms with van der Waals surface area (Å²) in [4.78, 5) is 47.9. The van der Waals surface area contributed by atoms with Crippen molar-refractivity contribution in [2.75, 3.05) is 6.54 Å². The molecule has 4 aromatic heterocycles. The molecule has 214 valence electrons. The van der Waals surface area contributed by atoms with Gasteiger partial charge in [0.25, 0.3) is 5.56 Å². The second-order valence-electron chi connectivity index (χ2n) is 9.23. The van der Waals surface area contributed by atoms with Gasteiger partial charge in [-0.1, -0.05) is 0 Å². The van der Waals surface area contributed by atoms with Gasteiger partial charge in [-0.3, -0.25) is 13.9 Å². The summed E-state index contributed by atoms with van der Waals surface area (Å²) in [6, 6.07) is 4.27. The van der Waals surface area contributed by atoms with Crippen LogP contribution in [-0.4, -0.2) is 53.4 Å². The van der Waals surface area contributed by atoms with Crippen LogP contribution < -0.4 is 21.7 Å². The number of hydrogen-bond acceptors (Lipinski definition) is 9. The first-order chi connectivity index (χ1) is 19.0. The average molecular weight is 590 g/mol. The van der Waals surface area contributed by atoms with Gasteiger partial charge in [-0.25, -0.2) is 14.6 Å². The molecule has 12 nitrogen and oxygen atoms in total. The Morgan fingerprint density at radius 1 is 1.12 bits per heavy atom. The number of quaternary nitrogens is 1. The number of thiophene rings is 2. The molecule has 1 atom stereocenters. The van der Waals surface area contributed by atoms with Crippen LogP contribution in [-0.2, 0) is 35.8 Å². The average Bonchev–Trinajstić information content (AvgIpc) is 3.71. The van der Waals surface area contributed by atoms with E-state index in [0.717, 1.165) is 28.7 Å². The number of rotatable bonds is 11. The topological polar surface area (TPSA) is 176 Å². The molecule has 0 saturated heterocycles. The number of aromatic nitrogens is 4. The maximum absolute atomic E-state index is 12.6. The molecule has 0 fully saturated rings. The zero-order valence-electron chi connectivity index (χ0n) is 22.2. The summed E-state index contributed by atoms with van der Waals surface area (Å²) in [7, 11) is 3.11. The van der Waals surface area contributed by atoms with Gasteiger partial charge in [0.2, 0.25) is 0 Å². The SMILES string of the molecule is CC(CCn1cnc2c1c(=O)n(C)c(=O)n2C)[NH2+]CCC(O)(c1ccsc1)c1ccsc1.O=C([O-])/C=C/C(=O)O. The van der Waals surface area contributed by atoms with E-state index in [-0.39, 0.29) is 17.3 Å². The fourth-order valence-corrected chi connectivity index (χ4v) is 5.65. The lowest BCUT2D eigenvalue weighted by Crippen LogP contribution is -2.89. The molecule has 40 heavy (non-hydrogen) atoms. The largest absolute Gasteiger partial charge is 0.545 e. The first-order valence-electron chi connectivity index (χ1n) is 12.3. The van der Waals surface area contributed by atoms with Crippen LogP contribution in [0.15, 0.2) is 61.7 Å². The van der Waals surface area contributed by atoms with Crippen molar-refractivity contribution < 1.29 is 30.2 Å². The lowest BCUT2D eigenvalue weighted by molar-refractivity contribution is -0.688. The van der Waals surface area contributed by atoms with Crippen LogP contribution >= 0.6 is 22.7 Å². The van der Waals surface area contributed by atoms with Crippen LogP contribution in [0, 0.1) is 0 Å². The summed E-state index contributed by atoms with van der Waals surface area (Å²) in [6.07, 6.45) is 4.01. The van der Waals surface area contributed by atoms with Crippen molar-refractivity contribution in [2.45, 2.75) is 38.0 Å². The molecule has 0 amide bonds. The Morgan fingerprint density at radius 2 is 1.75 bits per heavy atom. The number of carbonyl (C=O) groups is 2. The highest BCUT2D eigenvalue weighted by Crippen LogP contribution is 2.34. The molecule has 4 aromatic rings. The first kappa shape index (κ1) is 30.7. The van der Waals surface area contributed by atoms with Crippen molar-refractivity contribution in [3.05, 3.63) is 84.1 Å². The van der Waals surface area contributed by atoms with Crippen molar-refractivity contribution >= 4 is 45.8 Å². The summed E-state index contributed by atoms with van der Waals surface area (Å²) >= 11 is 3.18. The number of aliphatic hydroxyl groups is 1. The Balaban J connectivity index is 0.000000482. The highest BCUT2D eigenvalue weighted by atomic mass is 32.1. The Labute approximate surface area is 237 Å². The number of fused-ring (bicyclic) bond motifs is 1. The maximum Gasteiger partial charge on any atom is 0.332 e. The molecular weight excluding hydrogens is 558 g/mol. The van der Waals surface area contributed by atoms with Crippen molar-refractivity contribution in [2.24, 2.45) is 14.1 Å². The van der Waals surface area contributed by atoms with E-state index >= 15 is 0 Å². The van der Waals surface area contributed by atoms with E-state index in [0.29, 0.717) is 36.3 Å². The minimum absolute atomic E-state index is 0.290. The molecule has 0 saturated carbocycles. The van der Waals surface area contributed by atoms with Gasteiger partial charge >= 0.3 is 11.7 Å². The van der Waals surface area contributed by atoms with Gasteiger partial charge < -0.3 is 30.0 Å². The molecule has 0 aliphatic heterocycles. The fraction of sp³-hybridized carbons (Fsp3) is 0.346. The predicted octanol–water partition coefficient (Wildman–Crippen LogP) is -0.398. The van der Waals surface area contributed by atoms with Crippen LogP contribution in [0.25, 0.3) is 11.2 Å². The van der Waals surface area contributed by atoms with E-state index in [9.17, 15) is 29.4 Å². The van der Waals surface area contributed by atoms with Gasteiger partial charge in [0.15, 0.2) is 11.2 Å². The molecule has 14 heteroatoms. The highest BCUT2D eigenvalue weighted by Gasteiger charge is 2.33. The third-order valence-electron chi connectivity index (χ3n) is 6.48. The number of carboxylic acid groups (broad SMARTS) is 2. The van der Waals surface area contributed by atoms with Crippen LogP contribution in [0.1, 0.15) is 30.9 Å². The van der Waals surface area contributed by atoms with Gasteiger partial charge in [0.1, 0.15) is 5.60 Å². The molecule has 0 bridgehead atoms. The van der Waals surface area contributed by atoms with Crippen molar-refractivity contribution in [3.8, 4) is 0 Å². The number of aryl methyl sites for hydroxylation is 2. The Morgan fingerprint density at radius 3 is 2.25 bits per heavy atom. The number of nitrogens with two attached hydrogens (primary N) is 1. The van der Waals surface area contributed by atoms with E-state index < -0.39 is 17.5 Å². The van der Waals surface area contributed by atoms with Crippen molar-refractivity contribution in [3.63, 3.8) is 0 Å². The van der Waals surface area contributed by atoms with E-state index in [2.05, 4.69) is 17.2 Å². The summed E-state index contributed by atoms with van der Waals surface area (Å²) in [5, 5.41) is 38.9. The molecule has 4 N–H and O–H groups in total.